The van der Waals surface area contributed by atoms with Crippen molar-refractivity contribution >= 4 is 39.8 Å². The van der Waals surface area contributed by atoms with Crippen LogP contribution in [-0.4, -0.2) is 14.1 Å². The van der Waals surface area contributed by atoms with E-state index in [4.69, 9.17) is 5.73 Å². The minimum atomic E-state index is -0.414. The number of benzene rings is 6. The molecule has 1 spiro atoms. The number of nitrogens with zero attached hydrogens (tertiary/aromatic N) is 3. The number of para-hydroxylation sites is 1. The normalized spacial score (nSPS) is 16.0. The Morgan fingerprint density at radius 1 is 0.614 bits per heavy atom. The summed E-state index contributed by atoms with van der Waals surface area (Å²) in [7, 11) is 0. The van der Waals surface area contributed by atoms with Gasteiger partial charge >= 0.3 is 0 Å². The minimum Gasteiger partial charge on any atom is -0.384 e. The van der Waals surface area contributed by atoms with E-state index in [0.29, 0.717) is 0 Å². The molecule has 57 heavy (non-hydrogen) atoms. The SMILES string of the molecule is C/C=C\c1c(N)n(-c2ccc(-c3ccc(-n4c5c(c6cc7c(cc64)C4(c6ccccc6-c6cnccc64)c4ccccc4-7)CCC=C5)cc3)cc2)c2ccccc12. The number of rotatable bonds is 4. The van der Waals surface area contributed by atoms with E-state index in [0.717, 1.165) is 46.5 Å². The third-order valence-corrected chi connectivity index (χ3v) is 12.8. The van der Waals surface area contributed by atoms with Crippen molar-refractivity contribution in [1.82, 2.24) is 14.1 Å². The quantitative estimate of drug-likeness (QED) is 0.196. The first kappa shape index (κ1) is 32.1. The molecular weight excluding hydrogens is 693 g/mol. The van der Waals surface area contributed by atoms with Crippen LogP contribution in [0.2, 0.25) is 0 Å². The van der Waals surface area contributed by atoms with Gasteiger partial charge in [-0.25, -0.2) is 0 Å². The first-order chi connectivity index (χ1) is 28.2. The van der Waals surface area contributed by atoms with Gasteiger partial charge in [0, 0.05) is 51.4 Å². The van der Waals surface area contributed by atoms with Crippen LogP contribution in [0.5, 0.6) is 0 Å². The Morgan fingerprint density at radius 2 is 1.26 bits per heavy atom. The summed E-state index contributed by atoms with van der Waals surface area (Å²) >= 11 is 0. The predicted molar refractivity (Wildman–Crippen MR) is 236 cm³/mol. The third kappa shape index (κ3) is 4.24. The maximum atomic E-state index is 6.76. The van der Waals surface area contributed by atoms with Gasteiger partial charge in [-0.15, -0.1) is 0 Å². The number of nitrogens with two attached hydrogens (primary N) is 1. The van der Waals surface area contributed by atoms with Gasteiger partial charge in [-0.3, -0.25) is 9.55 Å². The van der Waals surface area contributed by atoms with Crippen LogP contribution in [0, 0.1) is 0 Å². The fourth-order valence-electron chi connectivity index (χ4n) is 10.5. The summed E-state index contributed by atoms with van der Waals surface area (Å²) in [5.41, 5.74) is 27.5. The summed E-state index contributed by atoms with van der Waals surface area (Å²) in [4.78, 5) is 4.62. The van der Waals surface area contributed by atoms with Gasteiger partial charge in [0.25, 0.3) is 0 Å². The second-order valence-corrected chi connectivity index (χ2v) is 15.6. The maximum Gasteiger partial charge on any atom is 0.116 e. The number of hydrogen-bond donors (Lipinski definition) is 1. The van der Waals surface area contributed by atoms with E-state index in [1.807, 2.05) is 19.2 Å². The number of anilines is 1. The summed E-state index contributed by atoms with van der Waals surface area (Å²) < 4.78 is 4.66. The fraction of sp³-hybridized carbons (Fsp3) is 0.0755. The van der Waals surface area contributed by atoms with Gasteiger partial charge in [0.15, 0.2) is 0 Å². The Morgan fingerprint density at radius 3 is 2.00 bits per heavy atom. The molecule has 270 valence electrons. The maximum absolute atomic E-state index is 6.76. The monoisotopic (exact) mass is 730 g/mol. The van der Waals surface area contributed by atoms with Crippen LogP contribution >= 0.6 is 0 Å². The van der Waals surface area contributed by atoms with Crippen molar-refractivity contribution in [3.05, 3.63) is 203 Å². The number of allylic oxidation sites excluding steroid dienone is 2. The summed E-state index contributed by atoms with van der Waals surface area (Å²) in [5.74, 6) is 0.751. The number of nitrogen functional groups attached to an aromatic ring is 1. The van der Waals surface area contributed by atoms with Crippen LogP contribution in [0.4, 0.5) is 5.82 Å². The Balaban J connectivity index is 1.00. The van der Waals surface area contributed by atoms with Crippen LogP contribution in [0.1, 0.15) is 52.4 Å². The third-order valence-electron chi connectivity index (χ3n) is 12.8. The van der Waals surface area contributed by atoms with Crippen molar-refractivity contribution in [3.63, 3.8) is 0 Å². The van der Waals surface area contributed by atoms with Gasteiger partial charge in [-0.1, -0.05) is 109 Å². The molecular formula is C53H38N4. The van der Waals surface area contributed by atoms with Gasteiger partial charge in [0.2, 0.25) is 0 Å². The van der Waals surface area contributed by atoms with Crippen molar-refractivity contribution in [2.45, 2.75) is 25.2 Å². The molecule has 4 nitrogen and oxygen atoms in total. The van der Waals surface area contributed by atoms with Gasteiger partial charge in [0.05, 0.1) is 16.4 Å². The lowest BCUT2D eigenvalue weighted by Gasteiger charge is -2.30. The summed E-state index contributed by atoms with van der Waals surface area (Å²) in [6, 6.07) is 51.6. The second kappa shape index (κ2) is 11.9. The van der Waals surface area contributed by atoms with E-state index in [1.54, 1.807) is 0 Å². The van der Waals surface area contributed by atoms with E-state index in [1.165, 1.54) is 77.8 Å². The molecule has 3 aliphatic carbocycles. The van der Waals surface area contributed by atoms with Gasteiger partial charge in [0.1, 0.15) is 5.82 Å². The number of fused-ring (bicyclic) bond motifs is 14. The molecule has 3 heterocycles. The number of aromatic nitrogens is 3. The highest BCUT2D eigenvalue weighted by molar-refractivity contribution is 6.02. The van der Waals surface area contributed by atoms with Crippen LogP contribution in [-0.2, 0) is 11.8 Å². The average molecular weight is 731 g/mol. The van der Waals surface area contributed by atoms with Crippen molar-refractivity contribution in [2.75, 3.05) is 5.73 Å². The molecule has 2 N–H and O–H groups in total. The predicted octanol–water partition coefficient (Wildman–Crippen LogP) is 12.6. The average Bonchev–Trinajstić information content (AvgIpc) is 3.95. The molecule has 3 aromatic heterocycles. The molecule has 6 aromatic carbocycles. The van der Waals surface area contributed by atoms with Crippen LogP contribution in [0.25, 0.3) is 78.7 Å². The molecule has 0 fully saturated rings. The molecule has 4 heteroatoms. The first-order valence-electron chi connectivity index (χ1n) is 19.9. The van der Waals surface area contributed by atoms with E-state index in [9.17, 15) is 0 Å². The fourth-order valence-corrected chi connectivity index (χ4v) is 10.5. The summed E-state index contributed by atoms with van der Waals surface area (Å²) in [6.07, 6.45) is 14.9. The molecule has 12 rings (SSSR count). The lowest BCUT2D eigenvalue weighted by Crippen LogP contribution is -2.25. The Labute approximate surface area is 331 Å². The van der Waals surface area contributed by atoms with Crippen LogP contribution in [0.3, 0.4) is 0 Å². The Hall–Kier alpha value is -7.17. The smallest absolute Gasteiger partial charge is 0.116 e. The minimum absolute atomic E-state index is 0.414. The van der Waals surface area contributed by atoms with E-state index in [-0.39, 0.29) is 0 Å². The van der Waals surface area contributed by atoms with Crippen molar-refractivity contribution < 1.29 is 0 Å². The summed E-state index contributed by atoms with van der Waals surface area (Å²) in [6.45, 7) is 2.03. The lowest BCUT2D eigenvalue weighted by atomic mass is 9.70. The molecule has 1 unspecified atom stereocenters. The summed E-state index contributed by atoms with van der Waals surface area (Å²) in [5, 5.41) is 2.50. The van der Waals surface area contributed by atoms with Gasteiger partial charge in [-0.2, -0.15) is 0 Å². The van der Waals surface area contributed by atoms with Crippen molar-refractivity contribution in [2.24, 2.45) is 0 Å². The molecule has 1 atom stereocenters. The van der Waals surface area contributed by atoms with Crippen molar-refractivity contribution in [1.29, 1.82) is 0 Å². The first-order valence-corrected chi connectivity index (χ1v) is 19.9. The largest absolute Gasteiger partial charge is 0.384 e. The molecule has 0 saturated heterocycles. The topological polar surface area (TPSA) is 48.8 Å². The zero-order valence-corrected chi connectivity index (χ0v) is 31.6. The van der Waals surface area contributed by atoms with Crippen LogP contribution in [0.15, 0.2) is 164 Å². The second-order valence-electron chi connectivity index (χ2n) is 15.6. The molecule has 0 saturated carbocycles. The molecule has 3 aliphatic rings. The van der Waals surface area contributed by atoms with E-state index < -0.39 is 5.41 Å². The molecule has 0 aliphatic heterocycles. The highest BCUT2D eigenvalue weighted by Crippen LogP contribution is 2.63. The van der Waals surface area contributed by atoms with E-state index >= 15 is 0 Å². The van der Waals surface area contributed by atoms with Gasteiger partial charge < -0.3 is 10.3 Å². The van der Waals surface area contributed by atoms with Crippen LogP contribution < -0.4 is 5.73 Å². The standard InChI is InChI=1S/C53H38N4/c1-2-11-41-39-14-5-10-19-50(39)57(52(41)54)36-26-22-34(23-27-36)33-20-24-35(25-21-33)56-49-18-9-6-15-40(49)43-30-42-37-12-3-7-16-45(37)53(48(42)31-51(43)56)46-17-8-4-13-38(46)44-32-55-29-28-47(44)53/h2-5,7-14,16-32H,6,15,54H2,1H3/b11-2-. The highest BCUT2D eigenvalue weighted by atomic mass is 15.1. The molecule has 9 aromatic rings. The Kier molecular flexibility index (Phi) is 6.71. The van der Waals surface area contributed by atoms with E-state index in [2.05, 4.69) is 178 Å². The molecule has 0 amide bonds. The molecule has 0 bridgehead atoms. The molecule has 0 radical (unpaired) electrons. The zero-order valence-electron chi connectivity index (χ0n) is 31.6. The van der Waals surface area contributed by atoms with Gasteiger partial charge in [-0.05, 0) is 130 Å². The lowest BCUT2D eigenvalue weighted by molar-refractivity contribution is 0.793. The number of pyridine rings is 1. The number of hydrogen-bond acceptors (Lipinski definition) is 2. The van der Waals surface area contributed by atoms with Crippen molar-refractivity contribution in [3.8, 4) is 44.8 Å². The number of aryl methyl sites for hydroxylation is 1. The zero-order chi connectivity index (χ0) is 37.8. The Bertz CT molecular complexity index is 3140. The highest BCUT2D eigenvalue weighted by Gasteiger charge is 2.52.